The third-order valence-corrected chi connectivity index (χ3v) is 1.74. The molecule has 3 N–H and O–H groups in total. The summed E-state index contributed by atoms with van der Waals surface area (Å²) in [5, 5.41) is 8.63. The number of aliphatic hydroxyl groups is 1. The highest BCUT2D eigenvalue weighted by Crippen LogP contribution is 2.27. The third kappa shape index (κ3) is 1.68. The number of hydrogen-bond acceptors (Lipinski definition) is 2. The van der Waals surface area contributed by atoms with E-state index in [1.54, 1.807) is 6.08 Å². The van der Waals surface area contributed by atoms with Crippen molar-refractivity contribution in [3.63, 3.8) is 0 Å². The molecule has 0 aromatic heterocycles. The van der Waals surface area contributed by atoms with Gasteiger partial charge in [-0.05, 0) is 6.42 Å². The second-order valence-electron chi connectivity index (χ2n) is 2.43. The maximum absolute atomic E-state index is 8.63. The summed E-state index contributed by atoms with van der Waals surface area (Å²) in [6, 6.07) is 0. The van der Waals surface area contributed by atoms with Crippen LogP contribution in [0.15, 0.2) is 12.2 Å². The first-order valence-corrected chi connectivity index (χ1v) is 3.30. The molecule has 0 fully saturated rings. The monoisotopic (exact) mass is 147 g/mol. The molecule has 1 aliphatic rings. The number of nitrogens with two attached hydrogens (primary N) is 1. The van der Waals surface area contributed by atoms with E-state index in [4.69, 9.17) is 22.4 Å². The summed E-state index contributed by atoms with van der Waals surface area (Å²) in [6.45, 7) is 0.141. The molecule has 0 saturated carbocycles. The van der Waals surface area contributed by atoms with Gasteiger partial charge in [-0.2, -0.15) is 0 Å². The lowest BCUT2D eigenvalue weighted by atomic mass is 10.1. The molecule has 9 heavy (non-hydrogen) atoms. The van der Waals surface area contributed by atoms with E-state index in [-0.39, 0.29) is 12.5 Å². The Morgan fingerprint density at radius 2 is 2.56 bits per heavy atom. The fourth-order valence-electron chi connectivity index (χ4n) is 0.959. The minimum atomic E-state index is -0.701. The molecule has 0 aliphatic heterocycles. The summed E-state index contributed by atoms with van der Waals surface area (Å²) in [6.07, 6.45) is 4.23. The fraction of sp³-hybridized carbons (Fsp3) is 0.667. The molecule has 1 rings (SSSR count). The van der Waals surface area contributed by atoms with Gasteiger partial charge in [-0.1, -0.05) is 23.8 Å². The van der Waals surface area contributed by atoms with Crippen molar-refractivity contribution in [1.29, 1.82) is 0 Å². The van der Waals surface area contributed by atoms with E-state index in [2.05, 4.69) is 0 Å². The van der Waals surface area contributed by atoms with Gasteiger partial charge in [-0.15, -0.1) is 0 Å². The van der Waals surface area contributed by atoms with Crippen molar-refractivity contribution < 1.29 is 5.11 Å². The highest BCUT2D eigenvalue weighted by Gasteiger charge is 2.27. The minimum absolute atomic E-state index is 0.141. The van der Waals surface area contributed by atoms with Gasteiger partial charge in [0.25, 0.3) is 0 Å². The van der Waals surface area contributed by atoms with Crippen LogP contribution in [-0.4, -0.2) is 16.7 Å². The lowest BCUT2D eigenvalue weighted by Gasteiger charge is -2.12. The van der Waals surface area contributed by atoms with Gasteiger partial charge < -0.3 is 10.8 Å². The summed E-state index contributed by atoms with van der Waals surface area (Å²) in [5.41, 5.74) is 5.51. The van der Waals surface area contributed by atoms with Crippen molar-refractivity contribution in [3.8, 4) is 0 Å². The van der Waals surface area contributed by atoms with Crippen LogP contribution in [0.4, 0.5) is 0 Å². The van der Waals surface area contributed by atoms with Gasteiger partial charge in [-0.3, -0.25) is 0 Å². The molecule has 0 saturated heterocycles. The van der Waals surface area contributed by atoms with Crippen LogP contribution in [0.1, 0.15) is 6.42 Å². The Bertz CT molecular complexity index is 133. The van der Waals surface area contributed by atoms with Gasteiger partial charge in [0.1, 0.15) is 5.00 Å². The minimum Gasteiger partial charge on any atom is -0.396 e. The van der Waals surface area contributed by atoms with Crippen LogP contribution in [0.3, 0.4) is 0 Å². The molecule has 2 atom stereocenters. The van der Waals surface area contributed by atoms with Gasteiger partial charge in [0.15, 0.2) is 0 Å². The average molecular weight is 148 g/mol. The molecule has 1 aliphatic carbocycles. The van der Waals surface area contributed by atoms with Gasteiger partial charge in [-0.25, -0.2) is 0 Å². The maximum Gasteiger partial charge on any atom is 0.110 e. The molecular weight excluding hydrogens is 138 g/mol. The summed E-state index contributed by atoms with van der Waals surface area (Å²) in [5.74, 6) is 0.160. The summed E-state index contributed by atoms with van der Waals surface area (Å²) in [4.78, 5) is -0.701. The molecule has 2 unspecified atom stereocenters. The molecule has 0 aromatic carbocycles. The second-order valence-corrected chi connectivity index (χ2v) is 3.14. The number of rotatable bonds is 1. The Labute approximate surface area is 59.3 Å². The zero-order chi connectivity index (χ0) is 6.91. The smallest absolute Gasteiger partial charge is 0.110 e. The molecule has 3 heteroatoms. The van der Waals surface area contributed by atoms with E-state index in [0.29, 0.717) is 6.42 Å². The average Bonchev–Trinajstić information content (AvgIpc) is 2.10. The largest absolute Gasteiger partial charge is 0.396 e. The van der Waals surface area contributed by atoms with Gasteiger partial charge in [0.2, 0.25) is 0 Å². The molecule has 0 bridgehead atoms. The number of halogens is 1. The quantitative estimate of drug-likeness (QED) is 0.321. The Balaban J connectivity index is 2.50. The zero-order valence-corrected chi connectivity index (χ0v) is 5.80. The summed E-state index contributed by atoms with van der Waals surface area (Å²) in [7, 11) is 0. The molecule has 0 heterocycles. The Hall–Kier alpha value is -0.0500. The van der Waals surface area contributed by atoms with Gasteiger partial charge in [0, 0.05) is 12.5 Å². The summed E-state index contributed by atoms with van der Waals surface area (Å²) >= 11 is 5.72. The molecule has 52 valence electrons. The van der Waals surface area contributed by atoms with Crippen molar-refractivity contribution in [2.75, 3.05) is 6.61 Å². The van der Waals surface area contributed by atoms with E-state index in [0.717, 1.165) is 0 Å². The Morgan fingerprint density at radius 3 is 2.78 bits per heavy atom. The predicted octanol–water partition coefficient (Wildman–Crippen LogP) is 0.449. The predicted molar refractivity (Wildman–Crippen MR) is 37.1 cm³/mol. The van der Waals surface area contributed by atoms with Crippen LogP contribution in [-0.2, 0) is 0 Å². The van der Waals surface area contributed by atoms with Crippen LogP contribution in [0.25, 0.3) is 0 Å². The molecule has 0 aromatic rings. The number of alkyl halides is 1. The van der Waals surface area contributed by atoms with Gasteiger partial charge in [0.05, 0.1) is 0 Å². The van der Waals surface area contributed by atoms with Crippen molar-refractivity contribution in [3.05, 3.63) is 12.2 Å². The van der Waals surface area contributed by atoms with Crippen LogP contribution in [0, 0.1) is 5.92 Å². The van der Waals surface area contributed by atoms with Gasteiger partial charge >= 0.3 is 0 Å². The first-order valence-electron chi connectivity index (χ1n) is 2.92. The van der Waals surface area contributed by atoms with Crippen LogP contribution < -0.4 is 5.73 Å². The van der Waals surface area contributed by atoms with Crippen LogP contribution in [0.5, 0.6) is 0 Å². The van der Waals surface area contributed by atoms with Crippen molar-refractivity contribution >= 4 is 11.6 Å². The first-order chi connectivity index (χ1) is 4.14. The molecule has 2 nitrogen and oxygen atoms in total. The lowest BCUT2D eigenvalue weighted by molar-refractivity contribution is 0.247. The second kappa shape index (κ2) is 2.29. The molecule has 0 amide bonds. The first kappa shape index (κ1) is 7.06. The van der Waals surface area contributed by atoms with E-state index in [9.17, 15) is 0 Å². The van der Waals surface area contributed by atoms with E-state index < -0.39 is 5.00 Å². The molecule has 0 spiro atoms. The molecular formula is C6H10ClNO. The van der Waals surface area contributed by atoms with Crippen LogP contribution in [0.2, 0.25) is 0 Å². The number of aliphatic hydroxyl groups excluding tert-OH is 1. The lowest BCUT2D eigenvalue weighted by Crippen LogP contribution is -2.29. The Morgan fingerprint density at radius 1 is 1.89 bits per heavy atom. The standard InChI is InChI=1S/C6H10ClNO/c7-6(8)2-1-5(3-6)4-9/h1-2,5,9H,3-4,8H2. The normalized spacial score (nSPS) is 41.9. The van der Waals surface area contributed by atoms with Crippen molar-refractivity contribution in [2.45, 2.75) is 11.4 Å². The highest BCUT2D eigenvalue weighted by atomic mass is 35.5. The molecule has 0 radical (unpaired) electrons. The maximum atomic E-state index is 8.63. The van der Waals surface area contributed by atoms with Crippen molar-refractivity contribution in [2.24, 2.45) is 11.7 Å². The summed E-state index contributed by atoms with van der Waals surface area (Å²) < 4.78 is 0. The highest BCUT2D eigenvalue weighted by molar-refractivity contribution is 6.25. The van der Waals surface area contributed by atoms with Crippen molar-refractivity contribution in [1.82, 2.24) is 0 Å². The van der Waals surface area contributed by atoms with E-state index in [1.165, 1.54) is 0 Å². The number of hydrogen-bond donors (Lipinski definition) is 2. The van der Waals surface area contributed by atoms with E-state index >= 15 is 0 Å². The van der Waals surface area contributed by atoms with E-state index in [1.807, 2.05) is 6.08 Å². The third-order valence-electron chi connectivity index (χ3n) is 1.46. The van der Waals surface area contributed by atoms with Crippen LogP contribution >= 0.6 is 11.6 Å². The Kier molecular flexibility index (Phi) is 1.80. The SMILES string of the molecule is NC1(Cl)C=CC(CO)C1. The fourth-order valence-corrected chi connectivity index (χ4v) is 1.23. The zero-order valence-electron chi connectivity index (χ0n) is 5.05. The topological polar surface area (TPSA) is 46.2 Å².